The van der Waals surface area contributed by atoms with Gasteiger partial charge in [-0.3, -0.25) is 9.59 Å². The number of nitrogens with one attached hydrogen (secondary N) is 1. The van der Waals surface area contributed by atoms with E-state index in [1.165, 1.54) is 0 Å². The normalized spacial score (nSPS) is 15.6. The molecular formula is C20H17ClN2O3. The molecule has 1 aliphatic rings. The Hall–Kier alpha value is -2.79. The van der Waals surface area contributed by atoms with Crippen molar-refractivity contribution in [2.45, 2.75) is 26.5 Å². The topological polar surface area (TPSA) is 60.3 Å². The number of pyridine rings is 1. The van der Waals surface area contributed by atoms with Crippen molar-refractivity contribution in [2.24, 2.45) is 0 Å². The van der Waals surface area contributed by atoms with Crippen molar-refractivity contribution in [1.29, 1.82) is 0 Å². The molecule has 0 unspecified atom stereocenters. The zero-order valence-electron chi connectivity index (χ0n) is 14.4. The maximum absolute atomic E-state index is 12.9. The minimum atomic E-state index is -0.454. The highest BCUT2D eigenvalue weighted by atomic mass is 35.5. The first kappa shape index (κ1) is 16.7. The molecule has 0 bridgehead atoms. The molecule has 0 aliphatic carbocycles. The number of benzene rings is 2. The van der Waals surface area contributed by atoms with Gasteiger partial charge in [-0.1, -0.05) is 29.3 Å². The molecule has 1 atom stereocenters. The fourth-order valence-electron chi connectivity index (χ4n) is 3.23. The number of nitrogens with zero attached hydrogens (tertiary/aromatic N) is 1. The summed E-state index contributed by atoms with van der Waals surface area (Å²) >= 11 is 6.28. The number of amides is 1. The third kappa shape index (κ3) is 2.74. The van der Waals surface area contributed by atoms with Crippen molar-refractivity contribution < 1.29 is 9.53 Å². The van der Waals surface area contributed by atoms with Crippen LogP contribution in [-0.4, -0.2) is 16.6 Å². The number of aromatic nitrogens is 1. The fourth-order valence-corrected chi connectivity index (χ4v) is 3.47. The average molecular weight is 369 g/mol. The van der Waals surface area contributed by atoms with Gasteiger partial charge in [0.15, 0.2) is 0 Å². The van der Waals surface area contributed by atoms with Gasteiger partial charge in [-0.05, 0) is 38.1 Å². The van der Waals surface area contributed by atoms with Crippen molar-refractivity contribution in [2.75, 3.05) is 5.32 Å². The van der Waals surface area contributed by atoms with Gasteiger partial charge in [0.05, 0.1) is 22.5 Å². The van der Waals surface area contributed by atoms with Crippen LogP contribution in [0.1, 0.15) is 22.8 Å². The third-order valence-electron chi connectivity index (χ3n) is 4.47. The third-order valence-corrected chi connectivity index (χ3v) is 4.78. The molecule has 0 radical (unpaired) electrons. The molecule has 0 spiro atoms. The Morgan fingerprint density at radius 3 is 2.69 bits per heavy atom. The first-order chi connectivity index (χ1) is 12.4. The Morgan fingerprint density at radius 1 is 1.23 bits per heavy atom. The van der Waals surface area contributed by atoms with E-state index in [1.54, 1.807) is 30.5 Å². The van der Waals surface area contributed by atoms with Crippen molar-refractivity contribution in [3.63, 3.8) is 0 Å². The smallest absolute Gasteiger partial charge is 0.261 e. The number of aryl methyl sites for hydroxylation is 1. The van der Waals surface area contributed by atoms with E-state index in [-0.39, 0.29) is 11.7 Å². The predicted molar refractivity (Wildman–Crippen MR) is 102 cm³/mol. The van der Waals surface area contributed by atoms with Gasteiger partial charge in [0.1, 0.15) is 17.4 Å². The van der Waals surface area contributed by atoms with Crippen LogP contribution in [0.4, 0.5) is 5.69 Å². The standard InChI is InChI=1S/C20H17ClN2O3/c1-11-3-5-13(6-4-11)22-20(25)14-10-23-9-12(2)26-16-8-7-15(21)17(18(16)23)19(14)24/h3-8,10,12H,9H2,1-2H3,(H,22,25)/t12-/m1/s1. The van der Waals surface area contributed by atoms with Gasteiger partial charge in [0.25, 0.3) is 5.91 Å². The summed E-state index contributed by atoms with van der Waals surface area (Å²) in [6, 6.07) is 10.8. The number of hydrogen-bond donors (Lipinski definition) is 1. The summed E-state index contributed by atoms with van der Waals surface area (Å²) in [7, 11) is 0. The molecular weight excluding hydrogens is 352 g/mol. The molecule has 6 heteroatoms. The van der Waals surface area contributed by atoms with Crippen molar-refractivity contribution in [3.05, 3.63) is 69.0 Å². The molecule has 1 N–H and O–H groups in total. The van der Waals surface area contributed by atoms with E-state index in [4.69, 9.17) is 16.3 Å². The van der Waals surface area contributed by atoms with Crippen LogP contribution in [-0.2, 0) is 6.54 Å². The van der Waals surface area contributed by atoms with Crippen molar-refractivity contribution >= 4 is 34.1 Å². The molecule has 0 saturated carbocycles. The molecule has 26 heavy (non-hydrogen) atoms. The highest BCUT2D eigenvalue weighted by molar-refractivity contribution is 6.35. The van der Waals surface area contributed by atoms with E-state index in [9.17, 15) is 9.59 Å². The quantitative estimate of drug-likeness (QED) is 0.743. The number of hydrogen-bond acceptors (Lipinski definition) is 3. The minimum Gasteiger partial charge on any atom is -0.487 e. The van der Waals surface area contributed by atoms with Crippen molar-refractivity contribution in [3.8, 4) is 5.75 Å². The monoisotopic (exact) mass is 368 g/mol. The van der Waals surface area contributed by atoms with Crippen LogP contribution >= 0.6 is 11.6 Å². The SMILES string of the molecule is Cc1ccc(NC(=O)c2cn3c4c(ccc(Cl)c4c2=O)O[C@H](C)C3)cc1. The Morgan fingerprint density at radius 2 is 1.96 bits per heavy atom. The highest BCUT2D eigenvalue weighted by Gasteiger charge is 2.24. The summed E-state index contributed by atoms with van der Waals surface area (Å²) in [4.78, 5) is 25.7. The number of ether oxygens (including phenoxy) is 1. The lowest BCUT2D eigenvalue weighted by atomic mass is 10.1. The second-order valence-corrected chi connectivity index (χ2v) is 6.95. The zero-order valence-corrected chi connectivity index (χ0v) is 15.1. The van der Waals surface area contributed by atoms with E-state index < -0.39 is 11.3 Å². The van der Waals surface area contributed by atoms with Gasteiger partial charge in [0.2, 0.25) is 5.43 Å². The molecule has 132 valence electrons. The lowest BCUT2D eigenvalue weighted by Gasteiger charge is -2.26. The summed E-state index contributed by atoms with van der Waals surface area (Å²) in [5.41, 5.74) is 2.02. The molecule has 2 heterocycles. The molecule has 1 aliphatic heterocycles. The number of carbonyl (C=O) groups excluding carboxylic acids is 1. The zero-order chi connectivity index (χ0) is 18.4. The molecule has 3 aromatic rings. The Balaban J connectivity index is 1.85. The van der Waals surface area contributed by atoms with Gasteiger partial charge in [-0.2, -0.15) is 0 Å². The van der Waals surface area contributed by atoms with Crippen LogP contribution in [0.2, 0.25) is 5.02 Å². The molecule has 1 aromatic heterocycles. The molecule has 1 amide bonds. The van der Waals surface area contributed by atoms with Gasteiger partial charge in [-0.25, -0.2) is 0 Å². The molecule has 0 fully saturated rings. The van der Waals surface area contributed by atoms with E-state index in [0.29, 0.717) is 33.9 Å². The van der Waals surface area contributed by atoms with Gasteiger partial charge >= 0.3 is 0 Å². The van der Waals surface area contributed by atoms with Crippen LogP contribution in [0.15, 0.2) is 47.4 Å². The van der Waals surface area contributed by atoms with E-state index in [2.05, 4.69) is 5.32 Å². The summed E-state index contributed by atoms with van der Waals surface area (Å²) < 4.78 is 7.67. The largest absolute Gasteiger partial charge is 0.487 e. The van der Waals surface area contributed by atoms with E-state index >= 15 is 0 Å². The molecule has 2 aromatic carbocycles. The second kappa shape index (κ2) is 6.18. The van der Waals surface area contributed by atoms with Gasteiger partial charge in [0, 0.05) is 11.9 Å². The fraction of sp³-hybridized carbons (Fsp3) is 0.200. The first-order valence-corrected chi connectivity index (χ1v) is 8.72. The lowest BCUT2D eigenvalue weighted by molar-refractivity contribution is 0.102. The number of rotatable bonds is 2. The Labute approximate surface area is 155 Å². The first-order valence-electron chi connectivity index (χ1n) is 8.34. The maximum atomic E-state index is 12.9. The molecule has 0 saturated heterocycles. The number of anilines is 1. The van der Waals surface area contributed by atoms with E-state index in [1.807, 2.05) is 30.5 Å². The Kier molecular flexibility index (Phi) is 3.96. The summed E-state index contributed by atoms with van der Waals surface area (Å²) in [6.45, 7) is 4.44. The van der Waals surface area contributed by atoms with Crippen LogP contribution in [0.3, 0.4) is 0 Å². The van der Waals surface area contributed by atoms with Crippen LogP contribution in [0.25, 0.3) is 10.9 Å². The average Bonchev–Trinajstić information content (AvgIpc) is 2.61. The van der Waals surface area contributed by atoms with Gasteiger partial charge < -0.3 is 14.6 Å². The summed E-state index contributed by atoms with van der Waals surface area (Å²) in [6.07, 6.45) is 1.52. The summed E-state index contributed by atoms with van der Waals surface area (Å²) in [5, 5.41) is 3.40. The lowest BCUT2D eigenvalue weighted by Crippen LogP contribution is -2.30. The molecule has 4 rings (SSSR count). The minimum absolute atomic E-state index is 0.0613. The summed E-state index contributed by atoms with van der Waals surface area (Å²) in [5.74, 6) is 0.149. The predicted octanol–water partition coefficient (Wildman–Crippen LogP) is 4.00. The van der Waals surface area contributed by atoms with Crippen molar-refractivity contribution in [1.82, 2.24) is 4.57 Å². The highest BCUT2D eigenvalue weighted by Crippen LogP contribution is 2.33. The molecule has 5 nitrogen and oxygen atoms in total. The number of carbonyl (C=O) groups is 1. The van der Waals surface area contributed by atoms with Gasteiger partial charge in [-0.15, -0.1) is 0 Å². The number of halogens is 1. The Bertz CT molecular complexity index is 1090. The van der Waals surface area contributed by atoms with Crippen LogP contribution in [0.5, 0.6) is 5.75 Å². The van der Waals surface area contributed by atoms with Crippen LogP contribution < -0.4 is 15.5 Å². The van der Waals surface area contributed by atoms with Crippen LogP contribution in [0, 0.1) is 6.92 Å². The maximum Gasteiger partial charge on any atom is 0.261 e. The second-order valence-electron chi connectivity index (χ2n) is 6.54. The van der Waals surface area contributed by atoms with E-state index in [0.717, 1.165) is 5.56 Å².